The number of aryl methyl sites for hydroxylation is 1. The largest absolute Gasteiger partial charge is 0.385 e. The SMILES string of the molecule is COCCCn1c(NC(=O)c2ccc(C#N)cc2)nc2cc(N(C)C(=O)CC3CCCC3)ccc21. The number of nitrogens with zero attached hydrogens (tertiary/aromatic N) is 4. The zero-order valence-corrected chi connectivity index (χ0v) is 20.3. The Morgan fingerprint density at radius 1 is 1.20 bits per heavy atom. The van der Waals surface area contributed by atoms with Gasteiger partial charge in [0, 0.05) is 45.0 Å². The number of fused-ring (bicyclic) bond motifs is 1. The number of ether oxygens (including phenoxy) is 1. The number of carbonyl (C=O) groups is 2. The zero-order valence-electron chi connectivity index (χ0n) is 20.3. The van der Waals surface area contributed by atoms with Crippen molar-refractivity contribution in [2.24, 2.45) is 5.92 Å². The van der Waals surface area contributed by atoms with E-state index in [4.69, 9.17) is 15.0 Å². The average molecular weight is 474 g/mol. The molecule has 8 heteroatoms. The summed E-state index contributed by atoms with van der Waals surface area (Å²) in [7, 11) is 3.46. The van der Waals surface area contributed by atoms with E-state index in [0.29, 0.717) is 48.1 Å². The van der Waals surface area contributed by atoms with Gasteiger partial charge in [-0.3, -0.25) is 14.9 Å². The van der Waals surface area contributed by atoms with E-state index in [1.807, 2.05) is 29.8 Å². The minimum atomic E-state index is -0.304. The summed E-state index contributed by atoms with van der Waals surface area (Å²) in [6, 6.07) is 14.3. The number of benzene rings is 2. The van der Waals surface area contributed by atoms with Crippen LogP contribution < -0.4 is 10.2 Å². The number of rotatable bonds is 9. The Hall–Kier alpha value is -3.70. The highest BCUT2D eigenvalue weighted by Crippen LogP contribution is 2.30. The summed E-state index contributed by atoms with van der Waals surface area (Å²) >= 11 is 0. The number of aromatic nitrogens is 2. The number of amides is 2. The molecule has 2 aromatic carbocycles. The second-order valence-corrected chi connectivity index (χ2v) is 9.06. The average Bonchev–Trinajstić information content (AvgIpc) is 3.51. The molecule has 1 aliphatic rings. The summed E-state index contributed by atoms with van der Waals surface area (Å²) in [6.07, 6.45) is 6.02. The molecule has 35 heavy (non-hydrogen) atoms. The van der Waals surface area contributed by atoms with E-state index in [9.17, 15) is 9.59 Å². The molecule has 2 amide bonds. The zero-order chi connectivity index (χ0) is 24.8. The number of hydrogen-bond acceptors (Lipinski definition) is 5. The molecule has 1 aliphatic carbocycles. The van der Waals surface area contributed by atoms with E-state index in [2.05, 4.69) is 11.4 Å². The van der Waals surface area contributed by atoms with Crippen LogP contribution in [-0.4, -0.2) is 42.1 Å². The molecule has 1 fully saturated rings. The first kappa shape index (κ1) is 24.4. The number of nitrogens with one attached hydrogen (secondary N) is 1. The Kier molecular flexibility index (Phi) is 7.78. The third kappa shape index (κ3) is 5.69. The van der Waals surface area contributed by atoms with Crippen LogP contribution in [-0.2, 0) is 16.1 Å². The standard InChI is InChI=1S/C27H31N5O3/c1-31(25(33)16-19-6-3-4-7-19)22-12-13-24-23(17-22)29-27(32(24)14-5-15-35-2)30-26(34)21-10-8-20(18-28)9-11-21/h8-13,17,19H,3-7,14-16H2,1-2H3,(H,29,30,34). The minimum Gasteiger partial charge on any atom is -0.385 e. The monoisotopic (exact) mass is 473 g/mol. The van der Waals surface area contributed by atoms with Gasteiger partial charge in [-0.25, -0.2) is 4.98 Å². The van der Waals surface area contributed by atoms with E-state index in [1.54, 1.807) is 36.3 Å². The highest BCUT2D eigenvalue weighted by atomic mass is 16.5. The van der Waals surface area contributed by atoms with Crippen molar-refractivity contribution in [3.8, 4) is 6.07 Å². The van der Waals surface area contributed by atoms with Gasteiger partial charge < -0.3 is 14.2 Å². The number of carbonyl (C=O) groups excluding carboxylic acids is 2. The summed E-state index contributed by atoms with van der Waals surface area (Å²) < 4.78 is 7.16. The summed E-state index contributed by atoms with van der Waals surface area (Å²) in [4.78, 5) is 32.1. The molecule has 0 bridgehead atoms. The predicted octanol–water partition coefficient (Wildman–Crippen LogP) is 4.74. The molecular weight excluding hydrogens is 442 g/mol. The molecule has 0 saturated heterocycles. The van der Waals surface area contributed by atoms with Crippen molar-refractivity contribution in [3.63, 3.8) is 0 Å². The van der Waals surface area contributed by atoms with Gasteiger partial charge in [-0.2, -0.15) is 5.26 Å². The summed E-state index contributed by atoms with van der Waals surface area (Å²) in [5.41, 5.74) is 3.30. The Morgan fingerprint density at radius 3 is 2.63 bits per heavy atom. The summed E-state index contributed by atoms with van der Waals surface area (Å²) in [5.74, 6) is 0.729. The first-order valence-electron chi connectivity index (χ1n) is 12.1. The molecule has 1 aromatic heterocycles. The van der Waals surface area contributed by atoms with E-state index in [-0.39, 0.29) is 11.8 Å². The highest BCUT2D eigenvalue weighted by molar-refractivity contribution is 6.04. The third-order valence-corrected chi connectivity index (χ3v) is 6.66. The summed E-state index contributed by atoms with van der Waals surface area (Å²) in [5, 5.41) is 11.9. The molecule has 8 nitrogen and oxygen atoms in total. The quantitative estimate of drug-likeness (QED) is 0.453. The molecule has 0 unspecified atom stereocenters. The molecule has 1 saturated carbocycles. The second kappa shape index (κ2) is 11.2. The Bertz CT molecular complexity index is 1240. The minimum absolute atomic E-state index is 0.116. The maximum absolute atomic E-state index is 12.9. The molecule has 3 aromatic rings. The maximum Gasteiger partial charge on any atom is 0.257 e. The molecule has 0 aliphatic heterocycles. The summed E-state index contributed by atoms with van der Waals surface area (Å²) in [6.45, 7) is 1.20. The number of anilines is 2. The van der Waals surface area contributed by atoms with E-state index >= 15 is 0 Å². The van der Waals surface area contributed by atoms with Crippen LogP contribution in [0.15, 0.2) is 42.5 Å². The van der Waals surface area contributed by atoms with Crippen molar-refractivity contribution < 1.29 is 14.3 Å². The fourth-order valence-corrected chi connectivity index (χ4v) is 4.63. The van der Waals surface area contributed by atoms with Gasteiger partial charge in [0.1, 0.15) is 0 Å². The van der Waals surface area contributed by atoms with Crippen molar-refractivity contribution in [1.29, 1.82) is 5.26 Å². The first-order chi connectivity index (χ1) is 17.0. The van der Waals surface area contributed by atoms with Gasteiger partial charge in [-0.1, -0.05) is 12.8 Å². The van der Waals surface area contributed by atoms with Gasteiger partial charge in [0.15, 0.2) is 0 Å². The lowest BCUT2D eigenvalue weighted by atomic mass is 10.0. The lowest BCUT2D eigenvalue weighted by molar-refractivity contribution is -0.119. The van der Waals surface area contributed by atoms with Crippen LogP contribution in [0, 0.1) is 17.2 Å². The van der Waals surface area contributed by atoms with Gasteiger partial charge >= 0.3 is 0 Å². The van der Waals surface area contributed by atoms with Gasteiger partial charge in [0.25, 0.3) is 5.91 Å². The van der Waals surface area contributed by atoms with Crippen molar-refractivity contribution in [3.05, 3.63) is 53.6 Å². The van der Waals surface area contributed by atoms with Gasteiger partial charge in [-0.05, 0) is 67.6 Å². The van der Waals surface area contributed by atoms with E-state index in [1.165, 1.54) is 12.8 Å². The van der Waals surface area contributed by atoms with Crippen molar-refractivity contribution in [2.75, 3.05) is 31.0 Å². The Balaban J connectivity index is 1.58. The van der Waals surface area contributed by atoms with Crippen LogP contribution in [0.1, 0.15) is 54.4 Å². The van der Waals surface area contributed by atoms with Crippen LogP contribution in [0.3, 0.4) is 0 Å². The number of nitriles is 1. The van der Waals surface area contributed by atoms with Crippen LogP contribution in [0.25, 0.3) is 11.0 Å². The molecule has 182 valence electrons. The smallest absolute Gasteiger partial charge is 0.257 e. The maximum atomic E-state index is 12.9. The lowest BCUT2D eigenvalue weighted by Gasteiger charge is -2.19. The van der Waals surface area contributed by atoms with E-state index in [0.717, 1.165) is 30.5 Å². The molecule has 4 rings (SSSR count). The third-order valence-electron chi connectivity index (χ3n) is 6.66. The molecule has 0 radical (unpaired) electrons. The lowest BCUT2D eigenvalue weighted by Crippen LogP contribution is -2.27. The molecule has 1 N–H and O–H groups in total. The van der Waals surface area contributed by atoms with Crippen LogP contribution >= 0.6 is 0 Å². The predicted molar refractivity (Wildman–Crippen MR) is 135 cm³/mol. The van der Waals surface area contributed by atoms with Crippen molar-refractivity contribution in [2.45, 2.75) is 45.1 Å². The van der Waals surface area contributed by atoms with Gasteiger partial charge in [0.2, 0.25) is 11.9 Å². The first-order valence-corrected chi connectivity index (χ1v) is 12.1. The topological polar surface area (TPSA) is 100 Å². The fourth-order valence-electron chi connectivity index (χ4n) is 4.63. The number of methoxy groups -OCH3 is 1. The van der Waals surface area contributed by atoms with Crippen LogP contribution in [0.5, 0.6) is 0 Å². The Morgan fingerprint density at radius 2 is 1.94 bits per heavy atom. The number of imidazole rings is 1. The van der Waals surface area contributed by atoms with Crippen LogP contribution in [0.2, 0.25) is 0 Å². The molecule has 1 heterocycles. The van der Waals surface area contributed by atoms with Crippen molar-refractivity contribution >= 4 is 34.5 Å². The second-order valence-electron chi connectivity index (χ2n) is 9.06. The molecule has 0 spiro atoms. The van der Waals surface area contributed by atoms with Gasteiger partial charge in [-0.15, -0.1) is 0 Å². The fraction of sp³-hybridized carbons (Fsp3) is 0.407. The van der Waals surface area contributed by atoms with E-state index < -0.39 is 0 Å². The number of hydrogen-bond donors (Lipinski definition) is 1. The Labute approximate surface area is 205 Å². The van der Waals surface area contributed by atoms with Gasteiger partial charge in [0.05, 0.1) is 22.7 Å². The van der Waals surface area contributed by atoms with Crippen molar-refractivity contribution in [1.82, 2.24) is 9.55 Å². The highest BCUT2D eigenvalue weighted by Gasteiger charge is 2.22. The van der Waals surface area contributed by atoms with Crippen LogP contribution in [0.4, 0.5) is 11.6 Å². The molecular formula is C27H31N5O3. The molecule has 0 atom stereocenters. The normalized spacial score (nSPS) is 13.6.